The van der Waals surface area contributed by atoms with E-state index in [1.54, 1.807) is 0 Å². The maximum Gasteiger partial charge on any atom is 0.422 e. The van der Waals surface area contributed by atoms with Gasteiger partial charge in [-0.15, -0.1) is 0 Å². The van der Waals surface area contributed by atoms with Crippen LogP contribution < -0.4 is 5.32 Å². The highest BCUT2D eigenvalue weighted by Crippen LogP contribution is 2.38. The van der Waals surface area contributed by atoms with E-state index in [0.717, 1.165) is 4.68 Å². The van der Waals surface area contributed by atoms with Crippen LogP contribution >= 0.6 is 11.6 Å². The zero-order chi connectivity index (χ0) is 19.3. The van der Waals surface area contributed by atoms with E-state index in [4.69, 9.17) is 11.6 Å². The van der Waals surface area contributed by atoms with Crippen molar-refractivity contribution < 1.29 is 35.5 Å². The van der Waals surface area contributed by atoms with Gasteiger partial charge in [-0.2, -0.15) is 18.3 Å². The van der Waals surface area contributed by atoms with E-state index in [9.17, 15) is 35.5 Å². The van der Waals surface area contributed by atoms with Gasteiger partial charge in [0.2, 0.25) is 0 Å². The van der Waals surface area contributed by atoms with Crippen molar-refractivity contribution in [1.29, 1.82) is 0 Å². The fourth-order valence-corrected chi connectivity index (χ4v) is 2.29. The van der Waals surface area contributed by atoms with E-state index < -0.39 is 52.3 Å². The van der Waals surface area contributed by atoms with Crippen molar-refractivity contribution in [2.75, 3.05) is 5.32 Å². The van der Waals surface area contributed by atoms with Crippen molar-refractivity contribution >= 4 is 23.2 Å². The molecule has 0 aliphatic heterocycles. The topological polar surface area (TPSA) is 46.9 Å². The maximum absolute atomic E-state index is 13.8. The minimum atomic E-state index is -5.68. The molecular formula is C13H7ClF7N3O. The maximum atomic E-state index is 13.8. The first-order valence-corrected chi connectivity index (χ1v) is 6.69. The van der Waals surface area contributed by atoms with Crippen LogP contribution in [0.1, 0.15) is 21.7 Å². The molecule has 0 spiro atoms. The summed E-state index contributed by atoms with van der Waals surface area (Å²) in [5.74, 6) is -11.5. The Kier molecular flexibility index (Phi) is 4.73. The Balaban J connectivity index is 2.56. The monoisotopic (exact) mass is 389 g/mol. The van der Waals surface area contributed by atoms with E-state index in [2.05, 4.69) is 5.10 Å². The predicted octanol–water partition coefficient (Wildman–Crippen LogP) is 4.21. The van der Waals surface area contributed by atoms with Gasteiger partial charge in [0.1, 0.15) is 16.9 Å². The number of hydrogen-bond acceptors (Lipinski definition) is 2. The molecule has 0 radical (unpaired) electrons. The van der Waals surface area contributed by atoms with Crippen molar-refractivity contribution in [3.05, 3.63) is 45.2 Å². The van der Waals surface area contributed by atoms with Gasteiger partial charge in [0, 0.05) is 7.05 Å². The number of aryl methyl sites for hydroxylation is 2. The molecule has 0 aliphatic rings. The summed E-state index contributed by atoms with van der Waals surface area (Å²) in [5, 5.41) is 4.99. The van der Waals surface area contributed by atoms with Crippen LogP contribution in [0.25, 0.3) is 0 Å². The van der Waals surface area contributed by atoms with Crippen molar-refractivity contribution in [2.45, 2.75) is 13.1 Å². The van der Waals surface area contributed by atoms with Crippen molar-refractivity contribution in [2.24, 2.45) is 7.05 Å². The molecule has 1 amide bonds. The average molecular weight is 390 g/mol. The molecule has 2 rings (SSSR count). The van der Waals surface area contributed by atoms with E-state index in [1.807, 2.05) is 0 Å². The third-order valence-electron chi connectivity index (χ3n) is 3.15. The summed E-state index contributed by atoms with van der Waals surface area (Å²) < 4.78 is 93.0. The van der Waals surface area contributed by atoms with Crippen LogP contribution in [0.15, 0.2) is 0 Å². The molecule has 1 aromatic heterocycles. The largest absolute Gasteiger partial charge is 0.422 e. The Hall–Kier alpha value is -2.30. The number of carbonyl (C=O) groups is 1. The number of rotatable bonds is 2. The molecule has 0 bridgehead atoms. The fraction of sp³-hybridized carbons (Fsp3) is 0.231. The summed E-state index contributed by atoms with van der Waals surface area (Å²) in [6, 6.07) is 0. The van der Waals surface area contributed by atoms with Gasteiger partial charge in [-0.1, -0.05) is 11.6 Å². The Bertz CT molecular complexity index is 847. The summed E-state index contributed by atoms with van der Waals surface area (Å²) in [7, 11) is 1.24. The molecule has 136 valence electrons. The van der Waals surface area contributed by atoms with Gasteiger partial charge < -0.3 is 5.32 Å². The predicted molar refractivity (Wildman–Crippen MR) is 72.2 cm³/mol. The first-order chi connectivity index (χ1) is 11.4. The molecule has 0 aliphatic carbocycles. The highest BCUT2D eigenvalue weighted by atomic mass is 35.5. The van der Waals surface area contributed by atoms with Gasteiger partial charge in [-0.3, -0.25) is 9.48 Å². The van der Waals surface area contributed by atoms with Crippen molar-refractivity contribution in [3.8, 4) is 0 Å². The lowest BCUT2D eigenvalue weighted by Crippen LogP contribution is -2.22. The van der Waals surface area contributed by atoms with Gasteiger partial charge in [0.15, 0.2) is 23.3 Å². The normalized spacial score (nSPS) is 11.8. The number of alkyl halides is 3. The van der Waals surface area contributed by atoms with Gasteiger partial charge in [-0.25, -0.2) is 17.6 Å². The summed E-state index contributed by atoms with van der Waals surface area (Å²) in [4.78, 5) is 12.0. The number of nitrogens with one attached hydrogen (secondary N) is 1. The lowest BCUT2D eigenvalue weighted by molar-refractivity contribution is -0.143. The molecule has 1 N–H and O–H groups in total. The van der Waals surface area contributed by atoms with Crippen LogP contribution in [-0.2, 0) is 13.2 Å². The van der Waals surface area contributed by atoms with Crippen molar-refractivity contribution in [1.82, 2.24) is 9.78 Å². The molecule has 4 nitrogen and oxygen atoms in total. The lowest BCUT2D eigenvalue weighted by atomic mass is 10.1. The SMILES string of the molecule is Cc1nn(C)c(C(=O)Nc2c(F)c(F)c(C(F)(F)F)c(F)c2F)c1Cl. The molecule has 0 atom stereocenters. The summed E-state index contributed by atoms with van der Waals surface area (Å²) in [6.45, 7) is 1.40. The number of benzene rings is 1. The van der Waals surface area contributed by atoms with E-state index in [-0.39, 0.29) is 10.7 Å². The second-order valence-electron chi connectivity index (χ2n) is 4.83. The number of aromatic nitrogens is 2. The highest BCUT2D eigenvalue weighted by molar-refractivity contribution is 6.34. The van der Waals surface area contributed by atoms with Gasteiger partial charge in [0.05, 0.1) is 10.7 Å². The van der Waals surface area contributed by atoms with Gasteiger partial charge in [-0.05, 0) is 6.92 Å². The van der Waals surface area contributed by atoms with Crippen LogP contribution in [0.5, 0.6) is 0 Å². The van der Waals surface area contributed by atoms with Gasteiger partial charge >= 0.3 is 6.18 Å². The smallest absolute Gasteiger partial charge is 0.315 e. The Labute approximate surface area is 140 Å². The molecule has 1 heterocycles. The molecular weight excluding hydrogens is 383 g/mol. The van der Waals surface area contributed by atoms with Crippen LogP contribution in [0.3, 0.4) is 0 Å². The van der Waals surface area contributed by atoms with E-state index >= 15 is 0 Å². The molecule has 2 aromatic rings. The number of hydrogen-bond donors (Lipinski definition) is 1. The first kappa shape index (κ1) is 19.0. The Morgan fingerprint density at radius 2 is 1.56 bits per heavy atom. The van der Waals surface area contributed by atoms with Crippen molar-refractivity contribution in [3.63, 3.8) is 0 Å². The van der Waals surface area contributed by atoms with E-state index in [1.165, 1.54) is 19.3 Å². The van der Waals surface area contributed by atoms with Crippen LogP contribution in [-0.4, -0.2) is 15.7 Å². The lowest BCUT2D eigenvalue weighted by Gasteiger charge is -2.14. The summed E-state index contributed by atoms with van der Waals surface area (Å²) in [5.41, 5.74) is -4.71. The molecule has 0 unspecified atom stereocenters. The third-order valence-corrected chi connectivity index (χ3v) is 3.60. The molecule has 1 aromatic carbocycles. The number of carbonyl (C=O) groups excluding carboxylic acids is 1. The molecule has 0 saturated carbocycles. The first-order valence-electron chi connectivity index (χ1n) is 6.31. The quantitative estimate of drug-likeness (QED) is 0.618. The zero-order valence-electron chi connectivity index (χ0n) is 12.3. The molecule has 12 heteroatoms. The summed E-state index contributed by atoms with van der Waals surface area (Å²) in [6.07, 6.45) is -5.68. The molecule has 0 saturated heterocycles. The number of amides is 1. The fourth-order valence-electron chi connectivity index (χ4n) is 2.04. The molecule has 0 fully saturated rings. The van der Waals surface area contributed by atoms with Crippen LogP contribution in [0, 0.1) is 30.2 Å². The Morgan fingerprint density at radius 1 is 1.08 bits per heavy atom. The Morgan fingerprint density at radius 3 is 1.92 bits per heavy atom. The average Bonchev–Trinajstić information content (AvgIpc) is 2.73. The summed E-state index contributed by atoms with van der Waals surface area (Å²) >= 11 is 5.77. The minimum Gasteiger partial charge on any atom is -0.315 e. The third kappa shape index (κ3) is 3.15. The zero-order valence-corrected chi connectivity index (χ0v) is 13.1. The standard InChI is InChI=1S/C13H7ClF7N3O/c1-3-5(14)11(24(2)23-3)12(25)22-10-8(17)6(15)4(13(19,20)21)7(16)9(10)18/h1-2H3,(H,22,25). The second-order valence-corrected chi connectivity index (χ2v) is 5.21. The molecule has 25 heavy (non-hydrogen) atoms. The number of nitrogens with zero attached hydrogens (tertiary/aromatic N) is 2. The number of halogens is 8. The van der Waals surface area contributed by atoms with Crippen LogP contribution in [0.2, 0.25) is 5.02 Å². The van der Waals surface area contributed by atoms with E-state index in [0.29, 0.717) is 0 Å². The highest BCUT2D eigenvalue weighted by Gasteiger charge is 2.42. The minimum absolute atomic E-state index is 0.167. The van der Waals surface area contributed by atoms with Gasteiger partial charge in [0.25, 0.3) is 5.91 Å². The number of anilines is 1. The second kappa shape index (κ2) is 6.21. The van der Waals surface area contributed by atoms with Crippen LogP contribution in [0.4, 0.5) is 36.4 Å².